The lowest BCUT2D eigenvalue weighted by molar-refractivity contribution is 0.429. The molecule has 1 aromatic heterocycles. The number of hydrogen-bond donors (Lipinski definition) is 1. The van der Waals surface area contributed by atoms with Gasteiger partial charge in [0.05, 0.1) is 11.7 Å². The van der Waals surface area contributed by atoms with Gasteiger partial charge >= 0.3 is 0 Å². The fourth-order valence-electron chi connectivity index (χ4n) is 2.49. The van der Waals surface area contributed by atoms with Crippen molar-refractivity contribution >= 4 is 0 Å². The molecule has 2 N–H and O–H groups in total. The van der Waals surface area contributed by atoms with Crippen molar-refractivity contribution in [1.82, 2.24) is 9.78 Å². The van der Waals surface area contributed by atoms with Crippen molar-refractivity contribution in [2.75, 3.05) is 0 Å². The van der Waals surface area contributed by atoms with Crippen molar-refractivity contribution in [2.24, 2.45) is 11.7 Å². The maximum atomic E-state index is 5.88. The van der Waals surface area contributed by atoms with Gasteiger partial charge in [-0.25, -0.2) is 0 Å². The third kappa shape index (κ3) is 2.14. The minimum atomic E-state index is 0.214. The van der Waals surface area contributed by atoms with Crippen LogP contribution < -0.4 is 5.73 Å². The minimum Gasteiger partial charge on any atom is -0.328 e. The van der Waals surface area contributed by atoms with Gasteiger partial charge in [-0.3, -0.25) is 4.68 Å². The second kappa shape index (κ2) is 4.21. The van der Waals surface area contributed by atoms with E-state index in [0.717, 1.165) is 18.0 Å². The SMILES string of the molecule is Cc1nn(C(C)C2CC2)c(C)c1CC(C)N. The van der Waals surface area contributed by atoms with Crippen molar-refractivity contribution in [3.8, 4) is 0 Å². The summed E-state index contributed by atoms with van der Waals surface area (Å²) in [5.74, 6) is 0.848. The standard InChI is InChI=1S/C13H23N3/c1-8(14)7-13-9(2)15-16(11(13)4)10(3)12-5-6-12/h8,10,12H,5-7,14H2,1-4H3. The summed E-state index contributed by atoms with van der Waals surface area (Å²) in [7, 11) is 0. The third-order valence-corrected chi connectivity index (χ3v) is 3.69. The van der Waals surface area contributed by atoms with Crippen molar-refractivity contribution in [3.05, 3.63) is 17.0 Å². The minimum absolute atomic E-state index is 0.214. The molecule has 1 fully saturated rings. The number of nitrogens with two attached hydrogens (primary N) is 1. The van der Waals surface area contributed by atoms with Crippen LogP contribution in [0, 0.1) is 19.8 Å². The van der Waals surface area contributed by atoms with Crippen molar-refractivity contribution in [2.45, 2.75) is 59.0 Å². The second-order valence-electron chi connectivity index (χ2n) is 5.35. The molecule has 0 aliphatic heterocycles. The molecule has 0 radical (unpaired) electrons. The topological polar surface area (TPSA) is 43.8 Å². The van der Waals surface area contributed by atoms with E-state index in [1.54, 1.807) is 0 Å². The largest absolute Gasteiger partial charge is 0.328 e. The summed E-state index contributed by atoms with van der Waals surface area (Å²) in [5, 5.41) is 4.69. The molecule has 0 aromatic carbocycles. The van der Waals surface area contributed by atoms with E-state index in [2.05, 4.69) is 37.5 Å². The van der Waals surface area contributed by atoms with Crippen LogP contribution in [0.15, 0.2) is 0 Å². The molecule has 2 atom stereocenters. The molecule has 1 saturated carbocycles. The quantitative estimate of drug-likeness (QED) is 0.848. The lowest BCUT2D eigenvalue weighted by atomic mass is 10.1. The van der Waals surface area contributed by atoms with E-state index in [0.29, 0.717) is 6.04 Å². The first-order valence-electron chi connectivity index (χ1n) is 6.31. The Morgan fingerprint density at radius 1 is 1.38 bits per heavy atom. The fraction of sp³-hybridized carbons (Fsp3) is 0.769. The Labute approximate surface area is 98.0 Å². The van der Waals surface area contributed by atoms with E-state index in [1.807, 2.05) is 0 Å². The first kappa shape index (κ1) is 11.6. The monoisotopic (exact) mass is 221 g/mol. The fourth-order valence-corrected chi connectivity index (χ4v) is 2.49. The summed E-state index contributed by atoms with van der Waals surface area (Å²) in [6.07, 6.45) is 3.67. The van der Waals surface area contributed by atoms with Gasteiger partial charge in [-0.15, -0.1) is 0 Å². The van der Waals surface area contributed by atoms with E-state index in [-0.39, 0.29) is 6.04 Å². The maximum Gasteiger partial charge on any atom is 0.0629 e. The number of nitrogens with zero attached hydrogens (tertiary/aromatic N) is 2. The van der Waals surface area contributed by atoms with Crippen LogP contribution in [0.5, 0.6) is 0 Å². The first-order chi connectivity index (χ1) is 7.50. The Morgan fingerprint density at radius 2 is 2.00 bits per heavy atom. The molecule has 0 spiro atoms. The molecule has 0 amide bonds. The zero-order valence-corrected chi connectivity index (χ0v) is 10.8. The van der Waals surface area contributed by atoms with Crippen LogP contribution >= 0.6 is 0 Å². The predicted molar refractivity (Wildman–Crippen MR) is 66.5 cm³/mol. The van der Waals surface area contributed by atoms with E-state index in [9.17, 15) is 0 Å². The molecule has 90 valence electrons. The molecule has 16 heavy (non-hydrogen) atoms. The van der Waals surface area contributed by atoms with Gasteiger partial charge in [0.2, 0.25) is 0 Å². The van der Waals surface area contributed by atoms with Gasteiger partial charge in [-0.2, -0.15) is 5.10 Å². The van der Waals surface area contributed by atoms with Gasteiger partial charge in [-0.05, 0) is 58.4 Å². The van der Waals surface area contributed by atoms with Gasteiger partial charge in [0.1, 0.15) is 0 Å². The van der Waals surface area contributed by atoms with Crippen LogP contribution in [0.4, 0.5) is 0 Å². The normalized spacial score (nSPS) is 19.8. The van der Waals surface area contributed by atoms with Crippen LogP contribution in [-0.4, -0.2) is 15.8 Å². The average Bonchev–Trinajstić information content (AvgIpc) is 3.00. The Bertz CT molecular complexity index is 375. The van der Waals surface area contributed by atoms with Crippen LogP contribution in [0.25, 0.3) is 0 Å². The Morgan fingerprint density at radius 3 is 2.50 bits per heavy atom. The average molecular weight is 221 g/mol. The van der Waals surface area contributed by atoms with Gasteiger partial charge < -0.3 is 5.73 Å². The molecule has 1 heterocycles. The number of aryl methyl sites for hydroxylation is 1. The van der Waals surface area contributed by atoms with Crippen LogP contribution in [0.2, 0.25) is 0 Å². The molecule has 0 saturated heterocycles. The highest BCUT2D eigenvalue weighted by atomic mass is 15.3. The molecule has 1 aromatic rings. The molecule has 3 heteroatoms. The first-order valence-corrected chi connectivity index (χ1v) is 6.31. The molecular formula is C13H23N3. The van der Waals surface area contributed by atoms with Gasteiger partial charge in [-0.1, -0.05) is 0 Å². The number of rotatable bonds is 4. The van der Waals surface area contributed by atoms with Gasteiger partial charge in [0.15, 0.2) is 0 Å². The molecule has 0 bridgehead atoms. The molecule has 1 aliphatic rings. The van der Waals surface area contributed by atoms with E-state index in [1.165, 1.54) is 24.1 Å². The van der Waals surface area contributed by atoms with Crippen LogP contribution in [0.1, 0.15) is 49.7 Å². The maximum absolute atomic E-state index is 5.88. The lowest BCUT2D eigenvalue weighted by Crippen LogP contribution is -2.19. The van der Waals surface area contributed by atoms with Gasteiger partial charge in [0, 0.05) is 11.7 Å². The lowest BCUT2D eigenvalue weighted by Gasteiger charge is -2.13. The molecule has 1 aliphatic carbocycles. The zero-order valence-electron chi connectivity index (χ0n) is 10.8. The summed E-state index contributed by atoms with van der Waals surface area (Å²) in [5.41, 5.74) is 9.70. The summed E-state index contributed by atoms with van der Waals surface area (Å²) < 4.78 is 2.21. The smallest absolute Gasteiger partial charge is 0.0629 e. The van der Waals surface area contributed by atoms with E-state index < -0.39 is 0 Å². The predicted octanol–water partition coefficient (Wildman–Crippen LogP) is 2.36. The Kier molecular flexibility index (Phi) is 3.06. The summed E-state index contributed by atoms with van der Waals surface area (Å²) in [4.78, 5) is 0. The highest BCUT2D eigenvalue weighted by Gasteiger charge is 2.31. The Hall–Kier alpha value is -0.830. The Balaban J connectivity index is 2.26. The number of hydrogen-bond acceptors (Lipinski definition) is 2. The van der Waals surface area contributed by atoms with E-state index in [4.69, 9.17) is 5.73 Å². The zero-order chi connectivity index (χ0) is 11.9. The molecule has 2 rings (SSSR count). The van der Waals surface area contributed by atoms with Crippen LogP contribution in [-0.2, 0) is 6.42 Å². The van der Waals surface area contributed by atoms with Crippen molar-refractivity contribution in [3.63, 3.8) is 0 Å². The van der Waals surface area contributed by atoms with Crippen molar-refractivity contribution in [1.29, 1.82) is 0 Å². The van der Waals surface area contributed by atoms with Crippen molar-refractivity contribution < 1.29 is 0 Å². The molecule has 2 unspecified atom stereocenters. The highest BCUT2D eigenvalue weighted by molar-refractivity contribution is 5.26. The van der Waals surface area contributed by atoms with Gasteiger partial charge in [0.25, 0.3) is 0 Å². The summed E-state index contributed by atoms with van der Waals surface area (Å²) >= 11 is 0. The second-order valence-corrected chi connectivity index (χ2v) is 5.35. The number of aromatic nitrogens is 2. The molecular weight excluding hydrogens is 198 g/mol. The van der Waals surface area contributed by atoms with E-state index >= 15 is 0 Å². The summed E-state index contributed by atoms with van der Waals surface area (Å²) in [6, 6.07) is 0.770. The summed E-state index contributed by atoms with van der Waals surface area (Å²) in [6.45, 7) is 8.62. The molecule has 3 nitrogen and oxygen atoms in total. The third-order valence-electron chi connectivity index (χ3n) is 3.69. The van der Waals surface area contributed by atoms with Crippen LogP contribution in [0.3, 0.4) is 0 Å². The highest BCUT2D eigenvalue weighted by Crippen LogP contribution is 2.40.